The van der Waals surface area contributed by atoms with Crippen LogP contribution in [0.2, 0.25) is 0 Å². The number of halogens is 3. The van der Waals surface area contributed by atoms with Gasteiger partial charge in [-0.05, 0) is 30.3 Å². The highest BCUT2D eigenvalue weighted by Crippen LogP contribution is 2.31. The summed E-state index contributed by atoms with van der Waals surface area (Å²) in [5.74, 6) is 0.636. The minimum Gasteiger partial charge on any atom is -0.497 e. The Kier molecular flexibility index (Phi) is 5.70. The van der Waals surface area contributed by atoms with E-state index in [1.807, 2.05) is 9.80 Å². The molecule has 0 bridgehead atoms. The largest absolute Gasteiger partial charge is 0.497 e. The van der Waals surface area contributed by atoms with E-state index in [1.165, 1.54) is 12.1 Å². The average Bonchev–Trinajstić information content (AvgIpc) is 2.68. The molecule has 0 spiro atoms. The predicted octanol–water partition coefficient (Wildman–Crippen LogP) is 3.72. The number of Topliss-reactive ketones (excluding diaryl/α,β-unsaturated/α-hetero) is 1. The summed E-state index contributed by atoms with van der Waals surface area (Å²) in [6.45, 7) is 2.67. The van der Waals surface area contributed by atoms with E-state index in [0.29, 0.717) is 43.2 Å². The number of rotatable bonds is 5. The van der Waals surface area contributed by atoms with Crippen LogP contribution in [0.15, 0.2) is 48.5 Å². The van der Waals surface area contributed by atoms with E-state index in [9.17, 15) is 18.0 Å². The van der Waals surface area contributed by atoms with Crippen molar-refractivity contribution in [2.24, 2.45) is 0 Å². The van der Waals surface area contributed by atoms with Crippen molar-refractivity contribution in [2.75, 3.05) is 44.7 Å². The minimum atomic E-state index is -4.35. The lowest BCUT2D eigenvalue weighted by Gasteiger charge is -2.36. The molecule has 1 aliphatic rings. The van der Waals surface area contributed by atoms with Gasteiger partial charge in [0.05, 0.1) is 19.2 Å². The first kappa shape index (κ1) is 19.2. The molecule has 3 rings (SSSR count). The monoisotopic (exact) mass is 378 g/mol. The van der Waals surface area contributed by atoms with Gasteiger partial charge in [0.25, 0.3) is 0 Å². The molecule has 0 atom stereocenters. The molecule has 0 N–H and O–H groups in total. The van der Waals surface area contributed by atoms with Gasteiger partial charge < -0.3 is 9.64 Å². The third-order valence-corrected chi connectivity index (χ3v) is 4.67. The topological polar surface area (TPSA) is 32.8 Å². The molecule has 4 nitrogen and oxygen atoms in total. The molecular formula is C20H21F3N2O2. The van der Waals surface area contributed by atoms with Crippen molar-refractivity contribution in [3.8, 4) is 5.75 Å². The maximum absolute atomic E-state index is 12.9. The molecule has 0 aromatic heterocycles. The van der Waals surface area contributed by atoms with Crippen molar-refractivity contribution in [2.45, 2.75) is 6.18 Å². The van der Waals surface area contributed by atoms with Gasteiger partial charge >= 0.3 is 6.18 Å². The van der Waals surface area contributed by atoms with Crippen molar-refractivity contribution in [1.29, 1.82) is 0 Å². The van der Waals surface area contributed by atoms with Gasteiger partial charge in [-0.1, -0.05) is 18.2 Å². The number of piperazine rings is 1. The normalized spacial score (nSPS) is 15.6. The fourth-order valence-electron chi connectivity index (χ4n) is 3.13. The van der Waals surface area contributed by atoms with Gasteiger partial charge in [-0.15, -0.1) is 0 Å². The summed E-state index contributed by atoms with van der Waals surface area (Å²) >= 11 is 0. The number of anilines is 1. The van der Waals surface area contributed by atoms with Crippen LogP contribution in [0.4, 0.5) is 18.9 Å². The zero-order valence-electron chi connectivity index (χ0n) is 15.0. The van der Waals surface area contributed by atoms with Crippen molar-refractivity contribution < 1.29 is 22.7 Å². The maximum atomic E-state index is 12.9. The number of ether oxygens (including phenoxy) is 1. The maximum Gasteiger partial charge on any atom is 0.416 e. The molecule has 0 unspecified atom stereocenters. The lowest BCUT2D eigenvalue weighted by atomic mass is 10.1. The van der Waals surface area contributed by atoms with Crippen LogP contribution in [0.5, 0.6) is 5.75 Å². The molecule has 7 heteroatoms. The highest BCUT2D eigenvalue weighted by atomic mass is 19.4. The van der Waals surface area contributed by atoms with Gasteiger partial charge in [-0.25, -0.2) is 0 Å². The lowest BCUT2D eigenvalue weighted by Crippen LogP contribution is -2.48. The van der Waals surface area contributed by atoms with E-state index < -0.39 is 11.7 Å². The van der Waals surface area contributed by atoms with E-state index in [-0.39, 0.29) is 12.3 Å². The summed E-state index contributed by atoms with van der Waals surface area (Å²) in [5.41, 5.74) is 0.508. The molecule has 1 heterocycles. The summed E-state index contributed by atoms with van der Waals surface area (Å²) in [4.78, 5) is 16.4. The first-order valence-corrected chi connectivity index (χ1v) is 8.68. The molecule has 1 fully saturated rings. The zero-order chi connectivity index (χ0) is 19.4. The molecule has 2 aromatic carbocycles. The van der Waals surface area contributed by atoms with Crippen molar-refractivity contribution in [3.05, 3.63) is 59.7 Å². The number of carbonyl (C=O) groups is 1. The molecule has 1 saturated heterocycles. The van der Waals surface area contributed by atoms with Crippen molar-refractivity contribution >= 4 is 11.5 Å². The molecule has 27 heavy (non-hydrogen) atoms. The van der Waals surface area contributed by atoms with Crippen molar-refractivity contribution in [1.82, 2.24) is 4.90 Å². The quantitative estimate of drug-likeness (QED) is 0.743. The van der Waals surface area contributed by atoms with Gasteiger partial charge in [-0.3, -0.25) is 9.69 Å². The molecule has 144 valence electrons. The minimum absolute atomic E-state index is 0.00131. The third-order valence-electron chi connectivity index (χ3n) is 4.67. The third kappa shape index (κ3) is 4.80. The van der Waals surface area contributed by atoms with E-state index in [1.54, 1.807) is 37.4 Å². The Labute approximate surface area is 156 Å². The van der Waals surface area contributed by atoms with Crippen LogP contribution >= 0.6 is 0 Å². The summed E-state index contributed by atoms with van der Waals surface area (Å²) in [6.07, 6.45) is -4.35. The van der Waals surface area contributed by atoms with Crippen LogP contribution in [0.25, 0.3) is 0 Å². The number of methoxy groups -OCH3 is 1. The summed E-state index contributed by atoms with van der Waals surface area (Å²) in [5, 5.41) is 0. The number of hydrogen-bond donors (Lipinski definition) is 0. The Balaban J connectivity index is 1.58. The van der Waals surface area contributed by atoms with Crippen LogP contribution in [0, 0.1) is 0 Å². The summed E-state index contributed by atoms with van der Waals surface area (Å²) < 4.78 is 43.8. The molecule has 0 radical (unpaired) electrons. The second kappa shape index (κ2) is 8.00. The Hall–Kier alpha value is -2.54. The van der Waals surface area contributed by atoms with Crippen LogP contribution in [0.1, 0.15) is 15.9 Å². The van der Waals surface area contributed by atoms with Crippen molar-refractivity contribution in [3.63, 3.8) is 0 Å². The van der Waals surface area contributed by atoms with Crippen LogP contribution in [-0.2, 0) is 6.18 Å². The summed E-state index contributed by atoms with van der Waals surface area (Å²) in [6, 6.07) is 12.4. The smallest absolute Gasteiger partial charge is 0.416 e. The number of ketones is 1. The van der Waals surface area contributed by atoms with E-state index in [2.05, 4.69) is 0 Å². The summed E-state index contributed by atoms with van der Waals surface area (Å²) in [7, 11) is 1.55. The molecule has 0 amide bonds. The van der Waals surface area contributed by atoms with Crippen LogP contribution < -0.4 is 9.64 Å². The number of alkyl halides is 3. The molecule has 2 aromatic rings. The number of nitrogens with zero attached hydrogens (tertiary/aromatic N) is 2. The Bertz CT molecular complexity index is 800. The van der Waals surface area contributed by atoms with E-state index in [4.69, 9.17) is 4.74 Å². The number of carbonyl (C=O) groups excluding carboxylic acids is 1. The highest BCUT2D eigenvalue weighted by molar-refractivity contribution is 5.98. The van der Waals surface area contributed by atoms with Gasteiger partial charge in [0.15, 0.2) is 5.78 Å². The first-order valence-electron chi connectivity index (χ1n) is 8.68. The molecule has 0 saturated carbocycles. The Morgan fingerprint density at radius 2 is 1.74 bits per heavy atom. The number of benzene rings is 2. The predicted molar refractivity (Wildman–Crippen MR) is 97.4 cm³/mol. The second-order valence-electron chi connectivity index (χ2n) is 6.47. The first-order chi connectivity index (χ1) is 12.9. The SMILES string of the molecule is COc1cccc(C(=O)CN2CCN(c3cccc(C(F)(F)F)c3)CC2)c1. The van der Waals surface area contributed by atoms with E-state index >= 15 is 0 Å². The highest BCUT2D eigenvalue weighted by Gasteiger charge is 2.31. The van der Waals surface area contributed by atoms with Crippen LogP contribution in [0.3, 0.4) is 0 Å². The van der Waals surface area contributed by atoms with Gasteiger partial charge in [0.1, 0.15) is 5.75 Å². The fraction of sp³-hybridized carbons (Fsp3) is 0.350. The number of hydrogen-bond acceptors (Lipinski definition) is 4. The molecular weight excluding hydrogens is 357 g/mol. The zero-order valence-corrected chi connectivity index (χ0v) is 15.0. The average molecular weight is 378 g/mol. The van der Waals surface area contributed by atoms with Gasteiger partial charge in [-0.2, -0.15) is 13.2 Å². The standard InChI is InChI=1S/C20H21F3N2O2/c1-27-18-7-2-4-15(12-18)19(26)14-24-8-10-25(11-9-24)17-6-3-5-16(13-17)20(21,22)23/h2-7,12-13H,8-11,14H2,1H3. The van der Waals surface area contributed by atoms with E-state index in [0.717, 1.165) is 6.07 Å². The molecule has 0 aliphatic carbocycles. The van der Waals surface area contributed by atoms with Gasteiger partial charge in [0, 0.05) is 37.4 Å². The lowest BCUT2D eigenvalue weighted by molar-refractivity contribution is -0.137. The Morgan fingerprint density at radius 3 is 2.41 bits per heavy atom. The fourth-order valence-corrected chi connectivity index (χ4v) is 3.13. The molecule has 1 aliphatic heterocycles. The van der Waals surface area contributed by atoms with Gasteiger partial charge in [0.2, 0.25) is 0 Å². The second-order valence-corrected chi connectivity index (χ2v) is 6.47. The Morgan fingerprint density at radius 1 is 1.04 bits per heavy atom. The van der Waals surface area contributed by atoms with Crippen LogP contribution in [-0.4, -0.2) is 50.5 Å².